The average Bonchev–Trinajstić information content (AvgIpc) is 2.67. The van der Waals surface area contributed by atoms with Crippen molar-refractivity contribution < 1.29 is 4.39 Å². The predicted octanol–water partition coefficient (Wildman–Crippen LogP) is 3.79. The second-order valence-corrected chi connectivity index (χ2v) is 6.17. The van der Waals surface area contributed by atoms with Crippen LogP contribution in [-0.2, 0) is 6.54 Å². The van der Waals surface area contributed by atoms with E-state index in [4.69, 9.17) is 5.41 Å². The van der Waals surface area contributed by atoms with Gasteiger partial charge in [-0.15, -0.1) is 0 Å². The van der Waals surface area contributed by atoms with Crippen LogP contribution in [0.1, 0.15) is 43.7 Å². The quantitative estimate of drug-likeness (QED) is 0.860. The molecule has 2 nitrogen and oxygen atoms in total. The average molecular weight is 260 g/mol. The molecule has 3 rings (SSSR count). The van der Waals surface area contributed by atoms with E-state index in [1.54, 1.807) is 0 Å². The SMILES string of the molecule is CC1CCCC(CN2Cc3ccc(F)cc3C2=N)C1. The zero-order valence-electron chi connectivity index (χ0n) is 11.5. The zero-order valence-corrected chi connectivity index (χ0v) is 11.5. The molecule has 1 aliphatic carbocycles. The van der Waals surface area contributed by atoms with Crippen LogP contribution in [0.3, 0.4) is 0 Å². The molecule has 2 atom stereocenters. The number of amidine groups is 1. The van der Waals surface area contributed by atoms with Crippen LogP contribution < -0.4 is 0 Å². The van der Waals surface area contributed by atoms with Gasteiger partial charge in [-0.2, -0.15) is 0 Å². The van der Waals surface area contributed by atoms with Crippen LogP contribution in [0, 0.1) is 23.1 Å². The van der Waals surface area contributed by atoms with Crippen LogP contribution >= 0.6 is 0 Å². The number of benzene rings is 1. The Morgan fingerprint density at radius 1 is 1.37 bits per heavy atom. The maximum absolute atomic E-state index is 13.3. The van der Waals surface area contributed by atoms with Crippen LogP contribution in [0.25, 0.3) is 0 Å². The maximum atomic E-state index is 13.3. The molecule has 0 aromatic heterocycles. The maximum Gasteiger partial charge on any atom is 0.128 e. The molecular weight excluding hydrogens is 239 g/mol. The first-order valence-electron chi connectivity index (χ1n) is 7.26. The summed E-state index contributed by atoms with van der Waals surface area (Å²) in [5.74, 6) is 1.78. The summed E-state index contributed by atoms with van der Waals surface area (Å²) in [5.41, 5.74) is 1.87. The van der Waals surface area contributed by atoms with Crippen molar-refractivity contribution in [2.24, 2.45) is 11.8 Å². The third kappa shape index (κ3) is 2.51. The van der Waals surface area contributed by atoms with Gasteiger partial charge in [0, 0.05) is 18.7 Å². The predicted molar refractivity (Wildman–Crippen MR) is 74.8 cm³/mol. The first-order valence-corrected chi connectivity index (χ1v) is 7.26. The lowest BCUT2D eigenvalue weighted by Gasteiger charge is -2.30. The van der Waals surface area contributed by atoms with Crippen LogP contribution in [0.4, 0.5) is 4.39 Å². The molecule has 1 N–H and O–H groups in total. The highest BCUT2D eigenvalue weighted by molar-refractivity contribution is 6.00. The van der Waals surface area contributed by atoms with Crippen molar-refractivity contribution in [3.63, 3.8) is 0 Å². The van der Waals surface area contributed by atoms with E-state index in [1.807, 2.05) is 6.07 Å². The molecule has 2 aliphatic rings. The Hall–Kier alpha value is -1.38. The van der Waals surface area contributed by atoms with Crippen molar-refractivity contribution in [2.75, 3.05) is 6.54 Å². The fraction of sp³-hybridized carbons (Fsp3) is 0.562. The van der Waals surface area contributed by atoms with E-state index in [-0.39, 0.29) is 5.82 Å². The molecule has 1 fully saturated rings. The van der Waals surface area contributed by atoms with Gasteiger partial charge >= 0.3 is 0 Å². The van der Waals surface area contributed by atoms with E-state index < -0.39 is 0 Å². The largest absolute Gasteiger partial charge is 0.352 e. The number of halogens is 1. The number of hydrogen-bond donors (Lipinski definition) is 1. The summed E-state index contributed by atoms with van der Waals surface area (Å²) in [5, 5.41) is 8.21. The van der Waals surface area contributed by atoms with Gasteiger partial charge in [-0.1, -0.05) is 25.8 Å². The Morgan fingerprint density at radius 2 is 2.21 bits per heavy atom. The molecule has 102 valence electrons. The molecule has 2 unspecified atom stereocenters. The molecule has 1 saturated carbocycles. The fourth-order valence-corrected chi connectivity index (χ4v) is 3.56. The summed E-state index contributed by atoms with van der Waals surface area (Å²) in [7, 11) is 0. The Labute approximate surface area is 114 Å². The Balaban J connectivity index is 1.70. The van der Waals surface area contributed by atoms with Crippen molar-refractivity contribution >= 4 is 5.84 Å². The lowest BCUT2D eigenvalue weighted by molar-refractivity contribution is 0.231. The van der Waals surface area contributed by atoms with Crippen molar-refractivity contribution in [2.45, 2.75) is 39.2 Å². The normalized spacial score (nSPS) is 26.6. The van der Waals surface area contributed by atoms with E-state index in [1.165, 1.54) is 37.8 Å². The molecule has 0 amide bonds. The lowest BCUT2D eigenvalue weighted by Crippen LogP contribution is -2.32. The number of rotatable bonds is 2. The van der Waals surface area contributed by atoms with Gasteiger partial charge in [0.2, 0.25) is 0 Å². The van der Waals surface area contributed by atoms with Gasteiger partial charge in [0.15, 0.2) is 0 Å². The highest BCUT2D eigenvalue weighted by Gasteiger charge is 2.28. The molecule has 0 saturated heterocycles. The van der Waals surface area contributed by atoms with E-state index >= 15 is 0 Å². The molecule has 0 spiro atoms. The molecule has 19 heavy (non-hydrogen) atoms. The van der Waals surface area contributed by atoms with Crippen LogP contribution in [0.5, 0.6) is 0 Å². The number of nitrogens with zero attached hydrogens (tertiary/aromatic N) is 1. The Morgan fingerprint density at radius 3 is 3.00 bits per heavy atom. The van der Waals surface area contributed by atoms with E-state index in [9.17, 15) is 4.39 Å². The third-order valence-electron chi connectivity index (χ3n) is 4.53. The minimum absolute atomic E-state index is 0.239. The van der Waals surface area contributed by atoms with Crippen molar-refractivity contribution in [3.05, 3.63) is 35.1 Å². The van der Waals surface area contributed by atoms with Gasteiger partial charge in [-0.05, 0) is 42.4 Å². The van der Waals surface area contributed by atoms with Gasteiger partial charge in [0.1, 0.15) is 11.7 Å². The van der Waals surface area contributed by atoms with Gasteiger partial charge in [0.05, 0.1) is 0 Å². The standard InChI is InChI=1S/C16H21FN2/c1-11-3-2-4-12(7-11)9-19-10-13-5-6-14(17)8-15(13)16(19)18/h5-6,8,11-12,18H,2-4,7,9-10H2,1H3. The fourth-order valence-electron chi connectivity index (χ4n) is 3.56. The molecular formula is C16H21FN2. The number of hydrogen-bond acceptors (Lipinski definition) is 1. The monoisotopic (exact) mass is 260 g/mol. The molecule has 1 heterocycles. The zero-order chi connectivity index (χ0) is 13.4. The molecule has 3 heteroatoms. The van der Waals surface area contributed by atoms with E-state index in [0.717, 1.165) is 30.1 Å². The summed E-state index contributed by atoms with van der Waals surface area (Å²) in [6.45, 7) is 4.06. The van der Waals surface area contributed by atoms with Gasteiger partial charge in [0.25, 0.3) is 0 Å². The Bertz CT molecular complexity index is 498. The first-order chi connectivity index (χ1) is 9.13. The van der Waals surface area contributed by atoms with Crippen molar-refractivity contribution in [3.8, 4) is 0 Å². The second-order valence-electron chi connectivity index (χ2n) is 6.17. The Kier molecular flexibility index (Phi) is 3.29. The smallest absolute Gasteiger partial charge is 0.128 e. The molecule has 1 aromatic carbocycles. The summed E-state index contributed by atoms with van der Waals surface area (Å²) in [6, 6.07) is 4.82. The van der Waals surface area contributed by atoms with Gasteiger partial charge in [-0.25, -0.2) is 4.39 Å². The topological polar surface area (TPSA) is 27.1 Å². The van der Waals surface area contributed by atoms with Crippen molar-refractivity contribution in [1.29, 1.82) is 5.41 Å². The summed E-state index contributed by atoms with van der Waals surface area (Å²) < 4.78 is 13.3. The first kappa shape index (κ1) is 12.6. The number of fused-ring (bicyclic) bond motifs is 1. The lowest BCUT2D eigenvalue weighted by atomic mass is 9.82. The third-order valence-corrected chi connectivity index (χ3v) is 4.53. The highest BCUT2D eigenvalue weighted by Crippen LogP contribution is 2.31. The molecule has 0 radical (unpaired) electrons. The molecule has 0 bridgehead atoms. The van der Waals surface area contributed by atoms with Gasteiger partial charge in [-0.3, -0.25) is 5.41 Å². The molecule has 1 aliphatic heterocycles. The van der Waals surface area contributed by atoms with Crippen LogP contribution in [0.2, 0.25) is 0 Å². The summed E-state index contributed by atoms with van der Waals surface area (Å²) >= 11 is 0. The van der Waals surface area contributed by atoms with Gasteiger partial charge < -0.3 is 4.90 Å². The van der Waals surface area contributed by atoms with E-state index in [2.05, 4.69) is 11.8 Å². The number of nitrogens with one attached hydrogen (secondary N) is 1. The summed E-state index contributed by atoms with van der Waals surface area (Å²) in [4.78, 5) is 2.12. The minimum Gasteiger partial charge on any atom is -0.352 e. The van der Waals surface area contributed by atoms with E-state index in [0.29, 0.717) is 11.8 Å². The highest BCUT2D eigenvalue weighted by atomic mass is 19.1. The minimum atomic E-state index is -0.239. The van der Waals surface area contributed by atoms with Crippen LogP contribution in [0.15, 0.2) is 18.2 Å². The van der Waals surface area contributed by atoms with Crippen molar-refractivity contribution in [1.82, 2.24) is 4.90 Å². The molecule has 1 aromatic rings. The van der Waals surface area contributed by atoms with Crippen LogP contribution in [-0.4, -0.2) is 17.3 Å². The second kappa shape index (κ2) is 4.95. The summed E-state index contributed by atoms with van der Waals surface area (Å²) in [6.07, 6.45) is 5.21.